The summed E-state index contributed by atoms with van der Waals surface area (Å²) in [6.45, 7) is 7.58. The molecule has 0 aromatic rings. The van der Waals surface area contributed by atoms with Gasteiger partial charge in [-0.05, 0) is 33.6 Å². The summed E-state index contributed by atoms with van der Waals surface area (Å²) in [5.41, 5.74) is 0.0516. The molecule has 0 amide bonds. The third-order valence-corrected chi connectivity index (χ3v) is 3.05. The van der Waals surface area contributed by atoms with Gasteiger partial charge in [-0.2, -0.15) is 0 Å². The summed E-state index contributed by atoms with van der Waals surface area (Å²) in [6.07, 6.45) is 2.26. The van der Waals surface area contributed by atoms with Crippen LogP contribution in [0.4, 0.5) is 0 Å². The molecular formula is C10H19NO2. The van der Waals surface area contributed by atoms with E-state index in [-0.39, 0.29) is 12.0 Å². The summed E-state index contributed by atoms with van der Waals surface area (Å²) < 4.78 is 0. The summed E-state index contributed by atoms with van der Waals surface area (Å²) in [7, 11) is 0. The van der Waals surface area contributed by atoms with Gasteiger partial charge in [0.05, 0.1) is 0 Å². The molecule has 1 aliphatic heterocycles. The van der Waals surface area contributed by atoms with Crippen LogP contribution in [0.2, 0.25) is 0 Å². The Kier molecular flexibility index (Phi) is 2.96. The largest absolute Gasteiger partial charge is 0.481 e. The molecule has 0 bridgehead atoms. The molecule has 0 aromatic carbocycles. The molecule has 1 N–H and O–H groups in total. The Labute approximate surface area is 79.7 Å². The molecule has 13 heavy (non-hydrogen) atoms. The van der Waals surface area contributed by atoms with Gasteiger partial charge < -0.3 is 5.11 Å². The Hall–Kier alpha value is -0.570. The van der Waals surface area contributed by atoms with E-state index in [1.807, 2.05) is 0 Å². The van der Waals surface area contributed by atoms with E-state index in [1.165, 1.54) is 6.42 Å². The predicted molar refractivity (Wildman–Crippen MR) is 51.7 cm³/mol. The standard InChI is InChI=1S/C10H19NO2/c1-8-5-7-11(8)10(2,3)6-4-9(12)13/h8H,4-7H2,1-3H3,(H,12,13). The second-order valence-electron chi connectivity index (χ2n) is 4.54. The van der Waals surface area contributed by atoms with Crippen LogP contribution in [0.3, 0.4) is 0 Å². The first-order valence-electron chi connectivity index (χ1n) is 4.92. The predicted octanol–water partition coefficient (Wildman–Crippen LogP) is 1.72. The summed E-state index contributed by atoms with van der Waals surface area (Å²) in [4.78, 5) is 12.8. The number of nitrogens with zero attached hydrogens (tertiary/aromatic N) is 1. The first-order chi connectivity index (χ1) is 5.93. The van der Waals surface area contributed by atoms with Crippen LogP contribution in [0.25, 0.3) is 0 Å². The molecule has 76 valence electrons. The molecule has 1 fully saturated rings. The van der Waals surface area contributed by atoms with Crippen LogP contribution in [0.5, 0.6) is 0 Å². The molecule has 1 unspecified atom stereocenters. The molecule has 0 aliphatic carbocycles. The van der Waals surface area contributed by atoms with Crippen molar-refractivity contribution in [3.63, 3.8) is 0 Å². The molecule has 0 spiro atoms. The van der Waals surface area contributed by atoms with Crippen molar-refractivity contribution in [1.82, 2.24) is 4.90 Å². The molecular weight excluding hydrogens is 166 g/mol. The van der Waals surface area contributed by atoms with Crippen molar-refractivity contribution in [2.75, 3.05) is 6.54 Å². The van der Waals surface area contributed by atoms with E-state index >= 15 is 0 Å². The molecule has 1 saturated heterocycles. The average Bonchev–Trinajstić information content (AvgIpc) is 1.97. The number of carboxylic acid groups (broad SMARTS) is 1. The van der Waals surface area contributed by atoms with Crippen molar-refractivity contribution in [2.24, 2.45) is 0 Å². The van der Waals surface area contributed by atoms with Crippen LogP contribution in [-0.2, 0) is 4.79 Å². The van der Waals surface area contributed by atoms with E-state index in [0.717, 1.165) is 13.0 Å². The lowest BCUT2D eigenvalue weighted by atomic mass is 9.89. The van der Waals surface area contributed by atoms with Crippen LogP contribution < -0.4 is 0 Å². The lowest BCUT2D eigenvalue weighted by Crippen LogP contribution is -2.57. The van der Waals surface area contributed by atoms with Gasteiger partial charge in [-0.25, -0.2) is 0 Å². The fourth-order valence-electron chi connectivity index (χ4n) is 1.97. The lowest BCUT2D eigenvalue weighted by Gasteiger charge is -2.49. The van der Waals surface area contributed by atoms with Gasteiger partial charge in [0.25, 0.3) is 0 Å². The van der Waals surface area contributed by atoms with E-state index in [4.69, 9.17) is 5.11 Å². The number of aliphatic carboxylic acids is 1. The highest BCUT2D eigenvalue weighted by atomic mass is 16.4. The third kappa shape index (κ3) is 2.44. The number of rotatable bonds is 4. The second-order valence-corrected chi connectivity index (χ2v) is 4.54. The number of carbonyl (C=O) groups is 1. The topological polar surface area (TPSA) is 40.5 Å². The van der Waals surface area contributed by atoms with Crippen LogP contribution in [0.15, 0.2) is 0 Å². The summed E-state index contributed by atoms with van der Waals surface area (Å²) in [6, 6.07) is 0.629. The van der Waals surface area contributed by atoms with Gasteiger partial charge >= 0.3 is 5.97 Å². The molecule has 0 aromatic heterocycles. The first kappa shape index (κ1) is 10.5. The van der Waals surface area contributed by atoms with Crippen molar-refractivity contribution in [3.05, 3.63) is 0 Å². The van der Waals surface area contributed by atoms with Crippen molar-refractivity contribution < 1.29 is 9.90 Å². The van der Waals surface area contributed by atoms with Gasteiger partial charge in [0.15, 0.2) is 0 Å². The van der Waals surface area contributed by atoms with E-state index in [1.54, 1.807) is 0 Å². The fourth-order valence-corrected chi connectivity index (χ4v) is 1.97. The Morgan fingerprint density at radius 1 is 1.62 bits per heavy atom. The number of likely N-dealkylation sites (tertiary alicyclic amines) is 1. The number of carboxylic acids is 1. The monoisotopic (exact) mass is 185 g/mol. The van der Waals surface area contributed by atoms with E-state index in [0.29, 0.717) is 6.04 Å². The zero-order valence-corrected chi connectivity index (χ0v) is 8.71. The minimum Gasteiger partial charge on any atom is -0.481 e. The summed E-state index contributed by atoms with van der Waals surface area (Å²) >= 11 is 0. The lowest BCUT2D eigenvalue weighted by molar-refractivity contribution is -0.138. The normalized spacial score (nSPS) is 24.1. The highest BCUT2D eigenvalue weighted by molar-refractivity contribution is 5.66. The molecule has 3 heteroatoms. The van der Waals surface area contributed by atoms with E-state index in [2.05, 4.69) is 25.7 Å². The second kappa shape index (κ2) is 3.66. The average molecular weight is 185 g/mol. The van der Waals surface area contributed by atoms with Crippen molar-refractivity contribution >= 4 is 5.97 Å². The quantitative estimate of drug-likeness (QED) is 0.725. The Morgan fingerprint density at radius 3 is 2.54 bits per heavy atom. The van der Waals surface area contributed by atoms with Gasteiger partial charge in [0, 0.05) is 24.5 Å². The first-order valence-corrected chi connectivity index (χ1v) is 4.92. The van der Waals surface area contributed by atoms with Crippen LogP contribution in [0.1, 0.15) is 40.0 Å². The smallest absolute Gasteiger partial charge is 0.303 e. The highest BCUT2D eigenvalue weighted by Crippen LogP contribution is 2.30. The fraction of sp³-hybridized carbons (Fsp3) is 0.900. The Balaban J connectivity index is 2.40. The maximum Gasteiger partial charge on any atom is 0.303 e. The molecule has 3 nitrogen and oxygen atoms in total. The highest BCUT2D eigenvalue weighted by Gasteiger charge is 2.36. The molecule has 0 radical (unpaired) electrons. The number of hydrogen-bond acceptors (Lipinski definition) is 2. The molecule has 0 saturated carbocycles. The van der Waals surface area contributed by atoms with Crippen molar-refractivity contribution in [2.45, 2.75) is 51.6 Å². The van der Waals surface area contributed by atoms with Gasteiger partial charge in [0.2, 0.25) is 0 Å². The maximum atomic E-state index is 10.4. The minimum atomic E-state index is -0.693. The van der Waals surface area contributed by atoms with Gasteiger partial charge in [-0.3, -0.25) is 9.69 Å². The third-order valence-electron chi connectivity index (χ3n) is 3.05. The summed E-state index contributed by atoms with van der Waals surface area (Å²) in [5.74, 6) is -0.693. The van der Waals surface area contributed by atoms with Crippen molar-refractivity contribution in [3.8, 4) is 0 Å². The summed E-state index contributed by atoms with van der Waals surface area (Å²) in [5, 5.41) is 8.60. The van der Waals surface area contributed by atoms with Crippen molar-refractivity contribution in [1.29, 1.82) is 0 Å². The molecule has 1 heterocycles. The van der Waals surface area contributed by atoms with Gasteiger partial charge in [-0.1, -0.05) is 0 Å². The number of hydrogen-bond donors (Lipinski definition) is 1. The van der Waals surface area contributed by atoms with Gasteiger partial charge in [-0.15, -0.1) is 0 Å². The SMILES string of the molecule is CC1CCN1C(C)(C)CCC(=O)O. The zero-order valence-electron chi connectivity index (χ0n) is 8.71. The maximum absolute atomic E-state index is 10.4. The molecule has 1 atom stereocenters. The molecule has 1 aliphatic rings. The van der Waals surface area contributed by atoms with Gasteiger partial charge in [0.1, 0.15) is 0 Å². The van der Waals surface area contributed by atoms with E-state index in [9.17, 15) is 4.79 Å². The van der Waals surface area contributed by atoms with Crippen LogP contribution in [0, 0.1) is 0 Å². The zero-order chi connectivity index (χ0) is 10.1. The van der Waals surface area contributed by atoms with Crippen LogP contribution >= 0.6 is 0 Å². The minimum absolute atomic E-state index is 0.0516. The Bertz CT molecular complexity index is 201. The Morgan fingerprint density at radius 2 is 2.23 bits per heavy atom. The van der Waals surface area contributed by atoms with Crippen LogP contribution in [-0.4, -0.2) is 34.1 Å². The molecule has 1 rings (SSSR count). The van der Waals surface area contributed by atoms with E-state index < -0.39 is 5.97 Å².